The fourth-order valence-corrected chi connectivity index (χ4v) is 4.64. The molecule has 0 unspecified atom stereocenters. The summed E-state index contributed by atoms with van der Waals surface area (Å²) in [5, 5.41) is 21.3. The fraction of sp³-hybridized carbons (Fsp3) is 0.348. The van der Waals surface area contributed by atoms with Gasteiger partial charge in [0.05, 0.1) is 17.5 Å². The zero-order valence-electron chi connectivity index (χ0n) is 18.4. The summed E-state index contributed by atoms with van der Waals surface area (Å²) >= 11 is 0. The van der Waals surface area contributed by atoms with Gasteiger partial charge in [0.1, 0.15) is 17.7 Å². The summed E-state index contributed by atoms with van der Waals surface area (Å²) < 4.78 is 8.07. The molecule has 1 aliphatic rings. The molecule has 1 saturated heterocycles. The second kappa shape index (κ2) is 7.78. The number of likely N-dealkylation sites (tertiary alicyclic amines) is 1. The van der Waals surface area contributed by atoms with E-state index in [2.05, 4.69) is 21.4 Å². The van der Waals surface area contributed by atoms with Crippen LogP contribution >= 0.6 is 0 Å². The molecule has 4 aromatic rings. The number of amides is 1. The standard InChI is InChI=1S/C23H23N7O3/c1-12-3-4-16-15(11-12)13(2)21(33-16)20-18-19(23(32)27-26-22(18)25)28-30(20)14-6-9-29(10-7-14)17(31)5-8-24/h3-4,11,14H,5-7,9-10H2,1-2H3,(H2,25,26)(H,27,32). The molecule has 1 amide bonds. The van der Waals surface area contributed by atoms with Crippen LogP contribution in [0.5, 0.6) is 0 Å². The van der Waals surface area contributed by atoms with Crippen molar-refractivity contribution in [1.29, 1.82) is 5.26 Å². The van der Waals surface area contributed by atoms with Crippen LogP contribution in [0.25, 0.3) is 33.3 Å². The zero-order valence-corrected chi connectivity index (χ0v) is 18.4. The number of nitrogens with zero attached hydrogens (tertiary/aromatic N) is 5. The molecule has 168 valence electrons. The van der Waals surface area contributed by atoms with Gasteiger partial charge in [-0.15, -0.1) is 0 Å². The third-order valence-electron chi connectivity index (χ3n) is 6.36. The largest absolute Gasteiger partial charge is 0.454 e. The minimum Gasteiger partial charge on any atom is -0.454 e. The van der Waals surface area contributed by atoms with E-state index < -0.39 is 5.56 Å². The van der Waals surface area contributed by atoms with E-state index in [0.717, 1.165) is 22.1 Å². The molecule has 4 heterocycles. The summed E-state index contributed by atoms with van der Waals surface area (Å²) in [5.41, 5.74) is 9.39. The van der Waals surface area contributed by atoms with Crippen LogP contribution in [0.3, 0.4) is 0 Å². The number of aryl methyl sites for hydroxylation is 2. The first-order valence-corrected chi connectivity index (χ1v) is 10.8. The van der Waals surface area contributed by atoms with Crippen LogP contribution in [-0.2, 0) is 4.79 Å². The molecule has 10 heteroatoms. The lowest BCUT2D eigenvalue weighted by atomic mass is 10.0. The molecule has 10 nitrogen and oxygen atoms in total. The molecule has 1 fully saturated rings. The van der Waals surface area contributed by atoms with E-state index in [1.807, 2.05) is 36.7 Å². The van der Waals surface area contributed by atoms with Crippen LogP contribution in [0, 0.1) is 25.2 Å². The van der Waals surface area contributed by atoms with Crippen molar-refractivity contribution >= 4 is 33.6 Å². The van der Waals surface area contributed by atoms with Crippen molar-refractivity contribution in [3.05, 3.63) is 39.7 Å². The number of furan rings is 1. The van der Waals surface area contributed by atoms with Crippen LogP contribution in [0.1, 0.15) is 36.4 Å². The van der Waals surface area contributed by atoms with Gasteiger partial charge in [0, 0.05) is 24.0 Å². The van der Waals surface area contributed by atoms with Gasteiger partial charge in [-0.05, 0) is 38.8 Å². The summed E-state index contributed by atoms with van der Waals surface area (Å²) in [5.74, 6) is 0.596. The molecule has 0 aliphatic carbocycles. The van der Waals surface area contributed by atoms with Crippen LogP contribution < -0.4 is 11.3 Å². The van der Waals surface area contributed by atoms with Crippen LogP contribution in [0.2, 0.25) is 0 Å². The maximum Gasteiger partial charge on any atom is 0.292 e. The molecule has 0 spiro atoms. The fourth-order valence-electron chi connectivity index (χ4n) is 4.64. The number of nitrogens with two attached hydrogens (primary N) is 1. The Morgan fingerprint density at radius 2 is 2.09 bits per heavy atom. The van der Waals surface area contributed by atoms with Crippen LogP contribution in [0.15, 0.2) is 27.4 Å². The van der Waals surface area contributed by atoms with Crippen LogP contribution in [-0.4, -0.2) is 43.9 Å². The minimum atomic E-state index is -0.426. The molecule has 1 aromatic carbocycles. The number of H-pyrrole nitrogens is 1. The van der Waals surface area contributed by atoms with Gasteiger partial charge in [-0.3, -0.25) is 14.3 Å². The molecule has 3 N–H and O–H groups in total. The number of anilines is 1. The average Bonchev–Trinajstić information content (AvgIpc) is 3.36. The Bertz CT molecular complexity index is 1500. The van der Waals surface area contributed by atoms with Crippen molar-refractivity contribution < 1.29 is 9.21 Å². The molecule has 0 saturated carbocycles. The normalized spacial score (nSPS) is 14.8. The van der Waals surface area contributed by atoms with E-state index in [4.69, 9.17) is 15.4 Å². The number of fused-ring (bicyclic) bond motifs is 2. The predicted molar refractivity (Wildman–Crippen MR) is 122 cm³/mol. The monoisotopic (exact) mass is 445 g/mol. The SMILES string of the molecule is Cc1ccc2oc(-c3c4c(N)n[nH]c(=O)c4nn3C3CCN(C(=O)CC#N)CC3)c(C)c2c1. The van der Waals surface area contributed by atoms with E-state index in [0.29, 0.717) is 42.8 Å². The van der Waals surface area contributed by atoms with E-state index in [1.54, 1.807) is 4.90 Å². The van der Waals surface area contributed by atoms with Gasteiger partial charge in [0.2, 0.25) is 5.91 Å². The highest BCUT2D eigenvalue weighted by Gasteiger charge is 2.31. The number of aromatic amines is 1. The topological polar surface area (TPSA) is 147 Å². The number of nitrogen functional groups attached to an aromatic ring is 1. The smallest absolute Gasteiger partial charge is 0.292 e. The van der Waals surface area contributed by atoms with Crippen molar-refractivity contribution in [2.45, 2.75) is 39.2 Å². The van der Waals surface area contributed by atoms with Crippen molar-refractivity contribution in [3.63, 3.8) is 0 Å². The Balaban J connectivity index is 1.67. The third kappa shape index (κ3) is 3.33. The summed E-state index contributed by atoms with van der Waals surface area (Å²) in [4.78, 5) is 26.4. The highest BCUT2D eigenvalue weighted by atomic mass is 16.3. The number of hydrogen-bond donors (Lipinski definition) is 2. The second-order valence-electron chi connectivity index (χ2n) is 8.46. The molecular weight excluding hydrogens is 422 g/mol. The predicted octanol–water partition coefficient (Wildman–Crippen LogP) is 2.81. The van der Waals surface area contributed by atoms with Crippen LogP contribution in [0.4, 0.5) is 5.82 Å². The number of carbonyl (C=O) groups excluding carboxylic acids is 1. The van der Waals surface area contributed by atoms with E-state index in [1.165, 1.54) is 0 Å². The molecule has 0 atom stereocenters. The van der Waals surface area contributed by atoms with Crippen molar-refractivity contribution in [3.8, 4) is 17.5 Å². The molecule has 3 aromatic heterocycles. The Hall–Kier alpha value is -4.13. The molecule has 0 bridgehead atoms. The van der Waals surface area contributed by atoms with E-state index in [-0.39, 0.29) is 29.7 Å². The molecule has 0 radical (unpaired) electrons. The number of hydrogen-bond acceptors (Lipinski definition) is 7. The highest BCUT2D eigenvalue weighted by molar-refractivity contribution is 6.01. The van der Waals surface area contributed by atoms with Crippen molar-refractivity contribution in [2.75, 3.05) is 18.8 Å². The van der Waals surface area contributed by atoms with Crippen molar-refractivity contribution in [1.82, 2.24) is 24.9 Å². The molecular formula is C23H23N7O3. The Morgan fingerprint density at radius 3 is 2.82 bits per heavy atom. The maximum atomic E-state index is 12.6. The van der Waals surface area contributed by atoms with Gasteiger partial charge < -0.3 is 15.1 Å². The Labute approximate surface area is 188 Å². The maximum absolute atomic E-state index is 12.6. The number of carbonyl (C=O) groups is 1. The van der Waals surface area contributed by atoms with Crippen molar-refractivity contribution in [2.24, 2.45) is 0 Å². The van der Waals surface area contributed by atoms with Gasteiger partial charge in [-0.25, -0.2) is 5.10 Å². The Morgan fingerprint density at radius 1 is 1.33 bits per heavy atom. The minimum absolute atomic E-state index is 0.0771. The quantitative estimate of drug-likeness (QED) is 0.493. The first kappa shape index (κ1) is 20.8. The third-order valence-corrected chi connectivity index (χ3v) is 6.36. The lowest BCUT2D eigenvalue weighted by Crippen LogP contribution is -2.39. The summed E-state index contributed by atoms with van der Waals surface area (Å²) in [7, 11) is 0. The number of piperidine rings is 1. The number of nitriles is 1. The zero-order chi connectivity index (χ0) is 23.3. The van der Waals surface area contributed by atoms with E-state index >= 15 is 0 Å². The lowest BCUT2D eigenvalue weighted by Gasteiger charge is -2.32. The second-order valence-corrected chi connectivity index (χ2v) is 8.46. The number of aromatic nitrogens is 4. The molecule has 1 aliphatic heterocycles. The van der Waals surface area contributed by atoms with Gasteiger partial charge in [0.25, 0.3) is 5.56 Å². The first-order valence-electron chi connectivity index (χ1n) is 10.8. The number of rotatable bonds is 3. The van der Waals surface area contributed by atoms with E-state index in [9.17, 15) is 9.59 Å². The molecule has 5 rings (SSSR count). The number of benzene rings is 1. The molecule has 33 heavy (non-hydrogen) atoms. The number of nitrogens with one attached hydrogen (secondary N) is 1. The van der Waals surface area contributed by atoms with Gasteiger partial charge in [0.15, 0.2) is 17.1 Å². The summed E-state index contributed by atoms with van der Waals surface area (Å²) in [6.45, 7) is 5.00. The highest BCUT2D eigenvalue weighted by Crippen LogP contribution is 2.40. The summed E-state index contributed by atoms with van der Waals surface area (Å²) in [6, 6.07) is 7.81. The lowest BCUT2D eigenvalue weighted by molar-refractivity contribution is -0.131. The van der Waals surface area contributed by atoms with Gasteiger partial charge >= 0.3 is 0 Å². The van der Waals surface area contributed by atoms with Gasteiger partial charge in [-0.2, -0.15) is 15.5 Å². The Kier molecular flexibility index (Phi) is 4.89. The first-order chi connectivity index (χ1) is 15.9. The summed E-state index contributed by atoms with van der Waals surface area (Å²) in [6.07, 6.45) is 1.13. The van der Waals surface area contributed by atoms with Gasteiger partial charge in [-0.1, -0.05) is 11.6 Å². The average molecular weight is 445 g/mol.